The fraction of sp³-hybridized carbons (Fsp3) is 0.310. The lowest BCUT2D eigenvalue weighted by Gasteiger charge is -2.35. The van der Waals surface area contributed by atoms with Crippen molar-refractivity contribution in [3.8, 4) is 11.5 Å². The van der Waals surface area contributed by atoms with Crippen LogP contribution >= 0.6 is 0 Å². The Kier molecular flexibility index (Phi) is 7.38. The Hall–Kier alpha value is -4.18. The van der Waals surface area contributed by atoms with Crippen molar-refractivity contribution in [1.29, 1.82) is 0 Å². The smallest absolute Gasteiger partial charge is 0.234 e. The number of ketones is 1. The molecule has 10 heteroatoms. The normalized spacial score (nSPS) is 14.1. The first-order chi connectivity index (χ1) is 18.8. The number of carbonyl (C=O) groups is 1. The van der Waals surface area contributed by atoms with Crippen molar-refractivity contribution >= 4 is 28.3 Å². The van der Waals surface area contributed by atoms with Crippen LogP contribution in [0.4, 0.5) is 20.2 Å². The van der Waals surface area contributed by atoms with Crippen LogP contribution in [0.1, 0.15) is 34.3 Å². The predicted molar refractivity (Wildman–Crippen MR) is 145 cm³/mol. The molecule has 2 aromatic heterocycles. The minimum absolute atomic E-state index is 0.255. The second-order valence-electron chi connectivity index (χ2n) is 9.39. The third-order valence-electron chi connectivity index (χ3n) is 7.14. The molecule has 2 aromatic carbocycles. The van der Waals surface area contributed by atoms with E-state index in [4.69, 9.17) is 19.6 Å². The molecular formula is C29H30F2N4O4. The lowest BCUT2D eigenvalue weighted by atomic mass is 10.1. The Labute approximate surface area is 224 Å². The van der Waals surface area contributed by atoms with E-state index in [9.17, 15) is 13.6 Å². The third kappa shape index (κ3) is 5.12. The molecule has 0 bridgehead atoms. The number of piperazine rings is 1. The number of hydrogen-bond acceptors (Lipinski definition) is 8. The van der Waals surface area contributed by atoms with Crippen LogP contribution in [0.3, 0.4) is 0 Å². The van der Waals surface area contributed by atoms with Gasteiger partial charge < -0.3 is 29.4 Å². The maximum atomic E-state index is 14.9. The van der Waals surface area contributed by atoms with Gasteiger partial charge >= 0.3 is 0 Å². The van der Waals surface area contributed by atoms with E-state index in [0.717, 1.165) is 50.0 Å². The number of nitrogens with two attached hydrogens (primary N) is 1. The number of anilines is 2. The third-order valence-corrected chi connectivity index (χ3v) is 7.14. The van der Waals surface area contributed by atoms with E-state index in [1.54, 1.807) is 12.1 Å². The summed E-state index contributed by atoms with van der Waals surface area (Å²) in [5.74, 6) is -4.15. The summed E-state index contributed by atoms with van der Waals surface area (Å²) in [7, 11) is 2.43. The van der Waals surface area contributed by atoms with Crippen molar-refractivity contribution in [2.45, 2.75) is 13.3 Å². The van der Waals surface area contributed by atoms with Crippen molar-refractivity contribution in [3.05, 3.63) is 76.7 Å². The maximum Gasteiger partial charge on any atom is 0.234 e. The quantitative estimate of drug-likeness (QED) is 0.257. The summed E-state index contributed by atoms with van der Waals surface area (Å²) < 4.78 is 45.2. The molecule has 1 saturated heterocycles. The summed E-state index contributed by atoms with van der Waals surface area (Å²) in [5.41, 5.74) is 9.68. The van der Waals surface area contributed by atoms with E-state index in [-0.39, 0.29) is 17.3 Å². The molecule has 8 nitrogen and oxygen atoms in total. The van der Waals surface area contributed by atoms with E-state index in [2.05, 4.69) is 27.8 Å². The average molecular weight is 537 g/mol. The van der Waals surface area contributed by atoms with Crippen molar-refractivity contribution < 1.29 is 27.5 Å². The van der Waals surface area contributed by atoms with E-state index in [1.807, 2.05) is 12.1 Å². The van der Waals surface area contributed by atoms with Gasteiger partial charge in [-0.2, -0.15) is 0 Å². The second kappa shape index (κ2) is 10.9. The number of aromatic nitrogens is 1. The number of fused-ring (bicyclic) bond motifs is 1. The van der Waals surface area contributed by atoms with Gasteiger partial charge in [-0.25, -0.2) is 13.8 Å². The molecule has 1 aliphatic heterocycles. The van der Waals surface area contributed by atoms with Gasteiger partial charge in [-0.1, -0.05) is 13.0 Å². The highest BCUT2D eigenvalue weighted by Gasteiger charge is 2.28. The number of benzene rings is 2. The Morgan fingerprint density at radius 2 is 1.69 bits per heavy atom. The first-order valence-corrected chi connectivity index (χ1v) is 12.7. The molecule has 0 atom stereocenters. The Morgan fingerprint density at radius 3 is 2.31 bits per heavy atom. The number of rotatable bonds is 8. The molecule has 5 rings (SSSR count). The number of ether oxygens (including phenoxy) is 2. The monoisotopic (exact) mass is 536 g/mol. The lowest BCUT2D eigenvalue weighted by molar-refractivity contribution is 0.100. The molecule has 3 heterocycles. The molecule has 0 aliphatic carbocycles. The average Bonchev–Trinajstić information content (AvgIpc) is 3.38. The Bertz CT molecular complexity index is 1500. The van der Waals surface area contributed by atoms with Crippen molar-refractivity contribution in [2.75, 3.05) is 57.6 Å². The van der Waals surface area contributed by atoms with E-state index in [1.165, 1.54) is 20.3 Å². The fourth-order valence-corrected chi connectivity index (χ4v) is 4.84. The molecule has 0 radical (unpaired) electrons. The van der Waals surface area contributed by atoms with Gasteiger partial charge in [0.25, 0.3) is 0 Å². The van der Waals surface area contributed by atoms with Crippen molar-refractivity contribution in [1.82, 2.24) is 9.88 Å². The highest BCUT2D eigenvalue weighted by Crippen LogP contribution is 2.33. The molecule has 0 unspecified atom stereocenters. The minimum atomic E-state index is -1.14. The fourth-order valence-electron chi connectivity index (χ4n) is 4.84. The number of methoxy groups -OCH3 is 2. The number of nitrogens with zero attached hydrogens (tertiary/aromatic N) is 3. The molecule has 204 valence electrons. The molecule has 0 saturated carbocycles. The lowest BCUT2D eigenvalue weighted by Crippen LogP contribution is -2.46. The molecule has 0 spiro atoms. The summed E-state index contributed by atoms with van der Waals surface area (Å²) in [6.07, 6.45) is 0.469. The minimum Gasteiger partial charge on any atom is -0.494 e. The number of likely N-dealkylation sites (N-methyl/N-ethyl adjacent to an activating group) is 1. The van der Waals surface area contributed by atoms with E-state index >= 15 is 0 Å². The molecule has 1 aliphatic rings. The van der Waals surface area contributed by atoms with Crippen LogP contribution in [0, 0.1) is 11.6 Å². The van der Waals surface area contributed by atoms with Crippen molar-refractivity contribution in [3.63, 3.8) is 0 Å². The summed E-state index contributed by atoms with van der Waals surface area (Å²) in [4.78, 5) is 22.4. The van der Waals surface area contributed by atoms with Crippen molar-refractivity contribution in [2.24, 2.45) is 0 Å². The van der Waals surface area contributed by atoms with E-state index in [0.29, 0.717) is 28.9 Å². The van der Waals surface area contributed by atoms with Crippen LogP contribution in [0.5, 0.6) is 11.5 Å². The molecule has 2 N–H and O–H groups in total. The number of nitrogen functional groups attached to an aromatic ring is 1. The van der Waals surface area contributed by atoms with Crippen LogP contribution in [-0.4, -0.2) is 62.6 Å². The van der Waals surface area contributed by atoms with Gasteiger partial charge in [0.1, 0.15) is 11.1 Å². The number of carbonyl (C=O) groups excluding carboxylic acids is 1. The van der Waals surface area contributed by atoms with Gasteiger partial charge in [-0.15, -0.1) is 0 Å². The topological polar surface area (TPSA) is 94.1 Å². The molecular weight excluding hydrogens is 506 g/mol. The van der Waals surface area contributed by atoms with Crippen LogP contribution in [0.25, 0.3) is 11.1 Å². The van der Waals surface area contributed by atoms with Gasteiger partial charge in [0.15, 0.2) is 34.5 Å². The molecule has 0 amide bonds. The zero-order valence-electron chi connectivity index (χ0n) is 22.1. The summed E-state index contributed by atoms with van der Waals surface area (Å²) in [5, 5.41) is 0. The van der Waals surface area contributed by atoms with Gasteiger partial charge in [0.2, 0.25) is 5.78 Å². The van der Waals surface area contributed by atoms with Crippen LogP contribution in [0.15, 0.2) is 46.9 Å². The largest absolute Gasteiger partial charge is 0.494 e. The zero-order chi connectivity index (χ0) is 27.7. The summed E-state index contributed by atoms with van der Waals surface area (Å²) >= 11 is 0. The zero-order valence-corrected chi connectivity index (χ0v) is 22.1. The summed E-state index contributed by atoms with van der Waals surface area (Å²) in [6, 6.07) is 11.9. The molecule has 39 heavy (non-hydrogen) atoms. The standard InChI is InChI=1S/C29H30F2N4O4/c1-4-34-9-11-35(12-10-34)19-7-5-17(20(32)14-19)13-18-6-8-22-21(33-18)15-25(39-22)29(36)26-27(30)23(37-2)16-24(38-3)28(26)31/h5-8,14-16H,4,9-13,32H2,1-3H3. The molecule has 4 aromatic rings. The van der Waals surface area contributed by atoms with Gasteiger partial charge in [0, 0.05) is 61.8 Å². The maximum absolute atomic E-state index is 14.9. The number of pyridine rings is 1. The van der Waals surface area contributed by atoms with Gasteiger partial charge in [-0.05, 0) is 36.4 Å². The molecule has 1 fully saturated rings. The Balaban J connectivity index is 1.37. The first kappa shape index (κ1) is 26.4. The van der Waals surface area contributed by atoms with Gasteiger partial charge in [-0.3, -0.25) is 4.79 Å². The number of hydrogen-bond donors (Lipinski definition) is 1. The van der Waals surface area contributed by atoms with E-state index < -0.39 is 23.0 Å². The highest BCUT2D eigenvalue weighted by molar-refractivity contribution is 6.09. The Morgan fingerprint density at radius 1 is 1.00 bits per heavy atom. The number of halogens is 2. The van der Waals surface area contributed by atoms with Crippen LogP contribution < -0.4 is 20.1 Å². The first-order valence-electron chi connectivity index (χ1n) is 12.7. The van der Waals surface area contributed by atoms with Crippen LogP contribution in [-0.2, 0) is 6.42 Å². The predicted octanol–water partition coefficient (Wildman–Crippen LogP) is 4.67. The summed E-state index contributed by atoms with van der Waals surface area (Å²) in [6.45, 7) is 7.21. The van der Waals surface area contributed by atoms with Crippen LogP contribution in [0.2, 0.25) is 0 Å². The number of furan rings is 1. The second-order valence-corrected chi connectivity index (χ2v) is 9.39. The SMILES string of the molecule is CCN1CCN(c2ccc(Cc3ccc4oc(C(=O)c5c(F)c(OC)cc(OC)c5F)cc4n3)c(N)c2)CC1. The van der Waals surface area contributed by atoms with Gasteiger partial charge in [0.05, 0.1) is 14.2 Å². The highest BCUT2D eigenvalue weighted by atomic mass is 19.1.